The summed E-state index contributed by atoms with van der Waals surface area (Å²) >= 11 is 0. The van der Waals surface area contributed by atoms with E-state index in [1.807, 2.05) is 13.8 Å². The van der Waals surface area contributed by atoms with Crippen LogP contribution in [0.2, 0.25) is 0 Å². The van der Waals surface area contributed by atoms with Crippen LogP contribution in [0.3, 0.4) is 0 Å². The molecule has 0 aliphatic heterocycles. The van der Waals surface area contributed by atoms with Gasteiger partial charge in [0, 0.05) is 26.6 Å². The van der Waals surface area contributed by atoms with E-state index in [1.54, 1.807) is 0 Å². The number of anilines is 2. The van der Waals surface area contributed by atoms with Gasteiger partial charge in [-0.2, -0.15) is 0 Å². The summed E-state index contributed by atoms with van der Waals surface area (Å²) in [5.41, 5.74) is 5.51. The normalized spacial score (nSPS) is 10.6. The number of nitrogen functional groups attached to an aromatic ring is 1. The lowest BCUT2D eigenvalue weighted by atomic mass is 10.2. The summed E-state index contributed by atoms with van der Waals surface area (Å²) in [5.74, 6) is 3.03. The Bertz CT molecular complexity index is 635. The predicted octanol–water partition coefficient (Wildman–Crippen LogP) is 1.00. The van der Waals surface area contributed by atoms with Gasteiger partial charge in [0.05, 0.1) is 0 Å². The number of terminal acetylenes is 1. The highest BCUT2D eigenvalue weighted by Gasteiger charge is 2.15. The maximum absolute atomic E-state index is 12.1. The van der Waals surface area contributed by atoms with Crippen LogP contribution in [0, 0.1) is 18.3 Å². The smallest absolute Gasteiger partial charge is 0.332 e. The number of aromatic nitrogens is 2. The number of nitrogens with zero attached hydrogens (tertiary/aromatic N) is 2. The first-order valence-electron chi connectivity index (χ1n) is 7.16. The van der Waals surface area contributed by atoms with E-state index < -0.39 is 5.56 Å². The van der Waals surface area contributed by atoms with Crippen LogP contribution in [0.25, 0.3) is 0 Å². The summed E-state index contributed by atoms with van der Waals surface area (Å²) in [6, 6.07) is 0. The van der Waals surface area contributed by atoms with E-state index in [9.17, 15) is 9.59 Å². The third kappa shape index (κ3) is 4.15. The van der Waals surface area contributed by atoms with E-state index in [0.717, 1.165) is 17.4 Å². The van der Waals surface area contributed by atoms with Crippen LogP contribution in [0.1, 0.15) is 33.1 Å². The second-order valence-electron chi connectivity index (χ2n) is 5.50. The van der Waals surface area contributed by atoms with Crippen LogP contribution in [0.4, 0.5) is 11.5 Å². The van der Waals surface area contributed by atoms with Gasteiger partial charge in [-0.25, -0.2) is 4.79 Å². The van der Waals surface area contributed by atoms with E-state index in [2.05, 4.69) is 11.2 Å². The van der Waals surface area contributed by atoms with E-state index in [0.29, 0.717) is 25.2 Å². The number of unbranched alkanes of at least 4 members (excludes halogenated alkanes) is 2. The molecule has 1 heterocycles. The van der Waals surface area contributed by atoms with Crippen molar-refractivity contribution in [3.05, 3.63) is 20.8 Å². The lowest BCUT2D eigenvalue weighted by Crippen LogP contribution is -2.41. The minimum atomic E-state index is -0.394. The minimum Gasteiger partial charge on any atom is -0.383 e. The number of nitrogens with one attached hydrogen (secondary N) is 1. The van der Waals surface area contributed by atoms with Gasteiger partial charge < -0.3 is 11.1 Å². The minimum absolute atomic E-state index is 0.203. The largest absolute Gasteiger partial charge is 0.383 e. The molecule has 6 heteroatoms. The summed E-state index contributed by atoms with van der Waals surface area (Å²) in [4.78, 5) is 24.3. The average Bonchev–Trinajstić information content (AvgIpc) is 2.44. The summed E-state index contributed by atoms with van der Waals surface area (Å²) in [5, 5.41) is 3.04. The van der Waals surface area contributed by atoms with Crippen molar-refractivity contribution in [1.29, 1.82) is 0 Å². The molecule has 0 saturated carbocycles. The summed E-state index contributed by atoms with van der Waals surface area (Å²) in [7, 11) is 1.46. The number of rotatable bonds is 7. The molecule has 0 aliphatic rings. The quantitative estimate of drug-likeness (QED) is 0.580. The lowest BCUT2D eigenvalue weighted by Gasteiger charge is -2.17. The Morgan fingerprint density at radius 1 is 1.33 bits per heavy atom. The Hall–Kier alpha value is -2.16. The molecule has 0 aliphatic carbocycles. The van der Waals surface area contributed by atoms with Crippen LogP contribution in [0.5, 0.6) is 0 Å². The predicted molar refractivity (Wildman–Crippen MR) is 86.4 cm³/mol. The van der Waals surface area contributed by atoms with Crippen molar-refractivity contribution >= 4 is 11.5 Å². The van der Waals surface area contributed by atoms with Gasteiger partial charge >= 0.3 is 5.69 Å². The second-order valence-corrected chi connectivity index (χ2v) is 5.50. The number of nitrogens with two attached hydrogens (primary N) is 1. The highest BCUT2D eigenvalue weighted by Crippen LogP contribution is 2.12. The topological polar surface area (TPSA) is 82.0 Å². The molecule has 0 radical (unpaired) electrons. The van der Waals surface area contributed by atoms with Gasteiger partial charge in [-0.05, 0) is 18.8 Å². The highest BCUT2D eigenvalue weighted by atomic mass is 16.2. The molecule has 0 amide bonds. The molecule has 3 N–H and O–H groups in total. The first-order valence-corrected chi connectivity index (χ1v) is 7.16. The van der Waals surface area contributed by atoms with Gasteiger partial charge in [-0.1, -0.05) is 13.8 Å². The molecular formula is C15H24N4O2. The van der Waals surface area contributed by atoms with Gasteiger partial charge in [0.25, 0.3) is 5.56 Å². The zero-order valence-electron chi connectivity index (χ0n) is 13.0. The molecule has 116 valence electrons. The van der Waals surface area contributed by atoms with Gasteiger partial charge in [0.1, 0.15) is 11.5 Å². The van der Waals surface area contributed by atoms with Gasteiger partial charge in [0.15, 0.2) is 0 Å². The van der Waals surface area contributed by atoms with E-state index >= 15 is 0 Å². The maximum atomic E-state index is 12.1. The molecule has 21 heavy (non-hydrogen) atoms. The van der Waals surface area contributed by atoms with Crippen molar-refractivity contribution in [3.8, 4) is 12.3 Å². The summed E-state index contributed by atoms with van der Waals surface area (Å²) in [6.07, 6.45) is 7.63. The molecule has 1 aromatic heterocycles. The van der Waals surface area contributed by atoms with Crippen LogP contribution in [-0.2, 0) is 13.6 Å². The van der Waals surface area contributed by atoms with E-state index in [1.165, 1.54) is 11.6 Å². The first-order chi connectivity index (χ1) is 9.90. The van der Waals surface area contributed by atoms with Crippen molar-refractivity contribution in [2.45, 2.75) is 39.7 Å². The van der Waals surface area contributed by atoms with Crippen molar-refractivity contribution in [1.82, 2.24) is 9.13 Å². The molecule has 0 fully saturated rings. The average molecular weight is 292 g/mol. The number of hydrogen-bond acceptors (Lipinski definition) is 4. The van der Waals surface area contributed by atoms with Crippen LogP contribution >= 0.6 is 0 Å². The van der Waals surface area contributed by atoms with Crippen LogP contribution < -0.4 is 22.3 Å². The van der Waals surface area contributed by atoms with E-state index in [4.69, 9.17) is 12.2 Å². The van der Waals surface area contributed by atoms with Crippen molar-refractivity contribution in [3.63, 3.8) is 0 Å². The van der Waals surface area contributed by atoms with Crippen LogP contribution in [-0.4, -0.2) is 15.7 Å². The first kappa shape index (κ1) is 16.9. The molecule has 0 bridgehead atoms. The fourth-order valence-corrected chi connectivity index (χ4v) is 2.06. The Kier molecular flexibility index (Phi) is 6.10. The lowest BCUT2D eigenvalue weighted by molar-refractivity contribution is 0.494. The molecule has 0 spiro atoms. The Morgan fingerprint density at radius 3 is 2.57 bits per heavy atom. The Balaban J connectivity index is 3.03. The fraction of sp³-hybridized carbons (Fsp3) is 0.600. The maximum Gasteiger partial charge on any atom is 0.332 e. The monoisotopic (exact) mass is 292 g/mol. The molecule has 1 rings (SSSR count). The molecule has 0 saturated heterocycles. The van der Waals surface area contributed by atoms with Crippen molar-refractivity contribution < 1.29 is 0 Å². The van der Waals surface area contributed by atoms with Crippen molar-refractivity contribution in [2.24, 2.45) is 13.0 Å². The molecule has 0 aromatic carbocycles. The van der Waals surface area contributed by atoms with Crippen LogP contribution in [0.15, 0.2) is 9.59 Å². The van der Waals surface area contributed by atoms with Gasteiger partial charge in [-0.3, -0.25) is 13.9 Å². The molecule has 6 nitrogen and oxygen atoms in total. The summed E-state index contributed by atoms with van der Waals surface area (Å²) < 4.78 is 2.53. The second kappa shape index (κ2) is 7.58. The fourth-order valence-electron chi connectivity index (χ4n) is 2.06. The molecule has 0 unspecified atom stereocenters. The zero-order chi connectivity index (χ0) is 16.0. The SMILES string of the molecule is C#CCCCCNc1c(N)n(CC(C)C)c(=O)n(C)c1=O. The van der Waals surface area contributed by atoms with Gasteiger partial charge in [0.2, 0.25) is 0 Å². The standard InChI is InChI=1S/C15H24N4O2/c1-5-6-7-8-9-17-12-13(16)19(10-11(2)3)15(21)18(4)14(12)20/h1,11,17H,6-10,16H2,2-4H3. The third-order valence-corrected chi connectivity index (χ3v) is 3.18. The molecule has 1 aromatic rings. The van der Waals surface area contributed by atoms with Crippen molar-refractivity contribution in [2.75, 3.05) is 17.6 Å². The molecular weight excluding hydrogens is 268 g/mol. The molecule has 0 atom stereocenters. The summed E-state index contributed by atoms with van der Waals surface area (Å²) in [6.45, 7) is 5.05. The van der Waals surface area contributed by atoms with Gasteiger partial charge in [-0.15, -0.1) is 12.3 Å². The van der Waals surface area contributed by atoms with E-state index in [-0.39, 0.29) is 17.4 Å². The Morgan fingerprint density at radius 2 is 2.00 bits per heavy atom. The third-order valence-electron chi connectivity index (χ3n) is 3.18. The Labute approximate surface area is 125 Å². The number of hydrogen-bond donors (Lipinski definition) is 2. The highest BCUT2D eigenvalue weighted by molar-refractivity contribution is 5.60. The zero-order valence-corrected chi connectivity index (χ0v) is 13.0.